The van der Waals surface area contributed by atoms with Crippen molar-refractivity contribution in [1.82, 2.24) is 0 Å². The molecular weight excluding hydrogens is 220 g/mol. The summed E-state index contributed by atoms with van der Waals surface area (Å²) < 4.78 is 10.5. The Labute approximate surface area is 99.9 Å². The van der Waals surface area contributed by atoms with E-state index in [1.54, 1.807) is 25.3 Å². The highest BCUT2D eigenvalue weighted by Gasteiger charge is 2.17. The van der Waals surface area contributed by atoms with E-state index in [0.717, 1.165) is 18.7 Å². The monoisotopic (exact) mass is 236 g/mol. The Morgan fingerprint density at radius 2 is 2.41 bits per heavy atom. The first-order valence-electron chi connectivity index (χ1n) is 5.53. The molecule has 1 unspecified atom stereocenters. The highest BCUT2D eigenvalue weighted by atomic mass is 16.5. The van der Waals surface area contributed by atoms with Gasteiger partial charge in [-0.05, 0) is 24.6 Å². The van der Waals surface area contributed by atoms with Gasteiger partial charge in [-0.15, -0.1) is 0 Å². The van der Waals surface area contributed by atoms with Crippen molar-refractivity contribution in [2.75, 3.05) is 25.6 Å². The molecular formula is C12H16N2O3. The molecule has 1 fully saturated rings. The first-order chi connectivity index (χ1) is 8.20. The minimum atomic E-state index is -0.446. The van der Waals surface area contributed by atoms with Gasteiger partial charge < -0.3 is 20.5 Å². The molecule has 5 nitrogen and oxygen atoms in total. The average molecular weight is 236 g/mol. The second-order valence-electron chi connectivity index (χ2n) is 3.98. The van der Waals surface area contributed by atoms with Gasteiger partial charge in [-0.25, -0.2) is 0 Å². The van der Waals surface area contributed by atoms with Gasteiger partial charge in [0.05, 0.1) is 25.4 Å². The van der Waals surface area contributed by atoms with E-state index in [-0.39, 0.29) is 6.04 Å². The third-order valence-corrected chi connectivity index (χ3v) is 2.77. The van der Waals surface area contributed by atoms with Gasteiger partial charge in [0.1, 0.15) is 5.75 Å². The summed E-state index contributed by atoms with van der Waals surface area (Å²) in [6, 6.07) is 5.35. The fourth-order valence-corrected chi connectivity index (χ4v) is 1.84. The molecule has 17 heavy (non-hydrogen) atoms. The maximum absolute atomic E-state index is 11.1. The number of rotatable bonds is 4. The predicted octanol–water partition coefficient (Wildman–Crippen LogP) is 0.995. The molecule has 0 aromatic heterocycles. The van der Waals surface area contributed by atoms with Crippen LogP contribution in [0, 0.1) is 0 Å². The van der Waals surface area contributed by atoms with Crippen LogP contribution in [0.1, 0.15) is 16.8 Å². The van der Waals surface area contributed by atoms with Gasteiger partial charge in [0.15, 0.2) is 0 Å². The van der Waals surface area contributed by atoms with Crippen LogP contribution >= 0.6 is 0 Å². The molecule has 5 heteroatoms. The van der Waals surface area contributed by atoms with Crippen molar-refractivity contribution in [3.05, 3.63) is 23.8 Å². The molecule has 0 saturated carbocycles. The maximum atomic E-state index is 11.1. The predicted molar refractivity (Wildman–Crippen MR) is 64.4 cm³/mol. The van der Waals surface area contributed by atoms with Gasteiger partial charge in [0.25, 0.3) is 0 Å². The van der Waals surface area contributed by atoms with Gasteiger partial charge in [-0.2, -0.15) is 0 Å². The molecule has 1 aromatic carbocycles. The molecule has 0 bridgehead atoms. The smallest absolute Gasteiger partial charge is 0.248 e. The van der Waals surface area contributed by atoms with Gasteiger partial charge in [-0.3, -0.25) is 4.79 Å². The molecule has 1 heterocycles. The van der Waals surface area contributed by atoms with Gasteiger partial charge in [0.2, 0.25) is 5.91 Å². The third kappa shape index (κ3) is 2.68. The largest absolute Gasteiger partial charge is 0.495 e. The van der Waals surface area contributed by atoms with Crippen LogP contribution in [0.4, 0.5) is 5.69 Å². The molecule has 0 aliphatic carbocycles. The summed E-state index contributed by atoms with van der Waals surface area (Å²) in [5.74, 6) is 0.250. The minimum Gasteiger partial charge on any atom is -0.495 e. The summed E-state index contributed by atoms with van der Waals surface area (Å²) in [6.45, 7) is 1.43. The normalized spacial score (nSPS) is 19.0. The van der Waals surface area contributed by atoms with E-state index in [1.807, 2.05) is 0 Å². The Balaban J connectivity index is 2.21. The highest BCUT2D eigenvalue weighted by Crippen LogP contribution is 2.27. The molecule has 1 atom stereocenters. The molecule has 3 N–H and O–H groups in total. The fraction of sp³-hybridized carbons (Fsp3) is 0.417. The van der Waals surface area contributed by atoms with Gasteiger partial charge in [0, 0.05) is 12.2 Å². The van der Waals surface area contributed by atoms with Crippen LogP contribution in [0.2, 0.25) is 0 Å². The Morgan fingerprint density at radius 3 is 3.00 bits per heavy atom. The van der Waals surface area contributed by atoms with Crippen LogP contribution in [0.25, 0.3) is 0 Å². The maximum Gasteiger partial charge on any atom is 0.248 e. The fourth-order valence-electron chi connectivity index (χ4n) is 1.84. The zero-order chi connectivity index (χ0) is 12.3. The van der Waals surface area contributed by atoms with Crippen molar-refractivity contribution < 1.29 is 14.3 Å². The number of hydrogen-bond donors (Lipinski definition) is 2. The Bertz CT molecular complexity index is 414. The number of ether oxygens (including phenoxy) is 2. The SMILES string of the molecule is COc1ccc(C(N)=O)cc1NC1CCOC1. The first kappa shape index (κ1) is 11.7. The summed E-state index contributed by atoms with van der Waals surface area (Å²) >= 11 is 0. The van der Waals surface area contributed by atoms with Crippen LogP contribution in [0.5, 0.6) is 5.75 Å². The van der Waals surface area contributed by atoms with E-state index in [4.69, 9.17) is 15.2 Å². The number of benzene rings is 1. The lowest BCUT2D eigenvalue weighted by atomic mass is 10.1. The summed E-state index contributed by atoms with van der Waals surface area (Å²) in [7, 11) is 1.59. The number of primary amides is 1. The molecule has 1 saturated heterocycles. The standard InChI is InChI=1S/C12H16N2O3/c1-16-11-3-2-8(12(13)15)6-10(11)14-9-4-5-17-7-9/h2-3,6,9,14H,4-5,7H2,1H3,(H2,13,15). The lowest BCUT2D eigenvalue weighted by Gasteiger charge is -2.16. The number of methoxy groups -OCH3 is 1. The average Bonchev–Trinajstić information content (AvgIpc) is 2.81. The van der Waals surface area contributed by atoms with Crippen LogP contribution in [-0.4, -0.2) is 32.3 Å². The van der Waals surface area contributed by atoms with Crippen molar-refractivity contribution in [1.29, 1.82) is 0 Å². The number of anilines is 1. The summed E-state index contributed by atoms with van der Waals surface area (Å²) in [4.78, 5) is 11.1. The first-order valence-corrected chi connectivity index (χ1v) is 5.53. The molecule has 1 amide bonds. The second kappa shape index (κ2) is 5.05. The molecule has 0 spiro atoms. The van der Waals surface area contributed by atoms with Crippen LogP contribution in [0.15, 0.2) is 18.2 Å². The van der Waals surface area contributed by atoms with E-state index in [9.17, 15) is 4.79 Å². The number of amides is 1. The third-order valence-electron chi connectivity index (χ3n) is 2.77. The molecule has 1 aromatic rings. The Kier molecular flexibility index (Phi) is 3.49. The zero-order valence-corrected chi connectivity index (χ0v) is 9.73. The Morgan fingerprint density at radius 1 is 1.59 bits per heavy atom. The summed E-state index contributed by atoms with van der Waals surface area (Å²) in [5, 5.41) is 3.30. The van der Waals surface area contributed by atoms with Gasteiger partial charge >= 0.3 is 0 Å². The van der Waals surface area contributed by atoms with Crippen molar-refractivity contribution in [3.8, 4) is 5.75 Å². The van der Waals surface area contributed by atoms with Crippen LogP contribution < -0.4 is 15.8 Å². The molecule has 2 rings (SSSR count). The topological polar surface area (TPSA) is 73.6 Å². The zero-order valence-electron chi connectivity index (χ0n) is 9.73. The number of hydrogen-bond acceptors (Lipinski definition) is 4. The molecule has 92 valence electrons. The Hall–Kier alpha value is -1.75. The molecule has 1 aliphatic rings. The van der Waals surface area contributed by atoms with E-state index in [0.29, 0.717) is 17.9 Å². The number of carbonyl (C=O) groups excluding carboxylic acids is 1. The molecule has 1 aliphatic heterocycles. The van der Waals surface area contributed by atoms with E-state index < -0.39 is 5.91 Å². The number of carbonyl (C=O) groups is 1. The highest BCUT2D eigenvalue weighted by molar-refractivity contribution is 5.94. The summed E-state index contributed by atoms with van der Waals surface area (Å²) in [5.41, 5.74) is 6.49. The van der Waals surface area contributed by atoms with Crippen molar-refractivity contribution in [2.45, 2.75) is 12.5 Å². The van der Waals surface area contributed by atoms with Crippen molar-refractivity contribution >= 4 is 11.6 Å². The molecule has 0 radical (unpaired) electrons. The second-order valence-corrected chi connectivity index (χ2v) is 3.98. The lowest BCUT2D eigenvalue weighted by molar-refractivity contribution is 0.100. The van der Waals surface area contributed by atoms with E-state index >= 15 is 0 Å². The van der Waals surface area contributed by atoms with Crippen molar-refractivity contribution in [3.63, 3.8) is 0 Å². The van der Waals surface area contributed by atoms with Gasteiger partial charge in [-0.1, -0.05) is 0 Å². The lowest BCUT2D eigenvalue weighted by Crippen LogP contribution is -2.20. The van der Waals surface area contributed by atoms with Crippen LogP contribution in [0.3, 0.4) is 0 Å². The minimum absolute atomic E-state index is 0.257. The van der Waals surface area contributed by atoms with Crippen LogP contribution in [-0.2, 0) is 4.74 Å². The summed E-state index contributed by atoms with van der Waals surface area (Å²) in [6.07, 6.45) is 0.948. The van der Waals surface area contributed by atoms with E-state index in [2.05, 4.69) is 5.32 Å². The quantitative estimate of drug-likeness (QED) is 0.817. The number of nitrogens with two attached hydrogens (primary N) is 1. The number of nitrogens with one attached hydrogen (secondary N) is 1. The van der Waals surface area contributed by atoms with Crippen molar-refractivity contribution in [2.24, 2.45) is 5.73 Å². The van der Waals surface area contributed by atoms with E-state index in [1.165, 1.54) is 0 Å².